The predicted molar refractivity (Wildman–Crippen MR) is 75.1 cm³/mol. The number of rotatable bonds is 6. The first kappa shape index (κ1) is 15.7. The first-order valence-corrected chi connectivity index (χ1v) is 7.05. The zero-order valence-electron chi connectivity index (χ0n) is 11.0. The normalized spacial score (nSPS) is 11.7. The Hall–Kier alpha value is -1.36. The molecule has 1 atom stereocenters. The van der Waals surface area contributed by atoms with Crippen molar-refractivity contribution in [2.45, 2.75) is 25.1 Å². The number of halogens is 1. The second kappa shape index (κ2) is 7.94. The lowest BCUT2D eigenvalue weighted by Gasteiger charge is -2.13. The van der Waals surface area contributed by atoms with Crippen LogP contribution in [0.4, 0.5) is 0 Å². The fraction of sp³-hybridized carbons (Fsp3) is 0.429. The van der Waals surface area contributed by atoms with Crippen LogP contribution in [0.25, 0.3) is 0 Å². The molecule has 0 bridgehead atoms. The van der Waals surface area contributed by atoms with Crippen LogP contribution < -0.4 is 0 Å². The summed E-state index contributed by atoms with van der Waals surface area (Å²) in [6.45, 7) is 4.18. The highest BCUT2D eigenvalue weighted by Crippen LogP contribution is 2.27. The van der Waals surface area contributed by atoms with Gasteiger partial charge in [-0.05, 0) is 25.0 Å². The van der Waals surface area contributed by atoms with Crippen LogP contribution >= 0.6 is 15.9 Å². The quantitative estimate of drug-likeness (QED) is 0.595. The molecule has 1 unspecified atom stereocenters. The predicted octanol–water partition coefficient (Wildman–Crippen LogP) is 2.79. The molecule has 0 spiro atoms. The number of benzene rings is 1. The number of hydrogen-bond acceptors (Lipinski definition) is 4. The van der Waals surface area contributed by atoms with Crippen LogP contribution in [-0.2, 0) is 25.5 Å². The minimum atomic E-state index is -0.571. The molecule has 1 rings (SSSR count). The average molecular weight is 329 g/mol. The molecule has 0 heterocycles. The van der Waals surface area contributed by atoms with E-state index in [-0.39, 0.29) is 18.4 Å². The van der Waals surface area contributed by atoms with E-state index in [9.17, 15) is 9.59 Å². The van der Waals surface area contributed by atoms with Crippen LogP contribution in [0.2, 0.25) is 0 Å². The zero-order valence-corrected chi connectivity index (χ0v) is 12.6. The summed E-state index contributed by atoms with van der Waals surface area (Å²) in [5.74, 6) is -0.669. The third-order valence-electron chi connectivity index (χ3n) is 2.46. The summed E-state index contributed by atoms with van der Waals surface area (Å²) in [5, 5.41) is 0. The van der Waals surface area contributed by atoms with Gasteiger partial charge in [0.2, 0.25) is 0 Å². The molecule has 0 N–H and O–H groups in total. The molecule has 0 amide bonds. The van der Waals surface area contributed by atoms with Gasteiger partial charge in [-0.1, -0.05) is 40.2 Å². The molecule has 1 aromatic carbocycles. The summed E-state index contributed by atoms with van der Waals surface area (Å²) in [7, 11) is 0. The van der Waals surface area contributed by atoms with Gasteiger partial charge in [0.1, 0.15) is 4.83 Å². The van der Waals surface area contributed by atoms with Crippen LogP contribution in [-0.4, -0.2) is 25.2 Å². The minimum absolute atomic E-state index is 0.144. The second-order valence-electron chi connectivity index (χ2n) is 3.80. The van der Waals surface area contributed by atoms with Gasteiger partial charge < -0.3 is 9.47 Å². The van der Waals surface area contributed by atoms with Crippen molar-refractivity contribution in [3.63, 3.8) is 0 Å². The first-order valence-electron chi connectivity index (χ1n) is 6.14. The molecular weight excluding hydrogens is 312 g/mol. The standard InChI is InChI=1S/C14H17BrO4/c1-3-18-12(16)9-10-7-5-6-8-11(10)13(15)14(17)19-4-2/h5-8,13H,3-4,9H2,1-2H3. The Morgan fingerprint density at radius 2 is 1.79 bits per heavy atom. The highest BCUT2D eigenvalue weighted by Gasteiger charge is 2.22. The lowest BCUT2D eigenvalue weighted by molar-refractivity contribution is -0.143. The van der Waals surface area contributed by atoms with Crippen molar-refractivity contribution >= 4 is 27.9 Å². The smallest absolute Gasteiger partial charge is 0.324 e. The Kier molecular flexibility index (Phi) is 6.56. The monoisotopic (exact) mass is 328 g/mol. The Morgan fingerprint density at radius 3 is 2.42 bits per heavy atom. The van der Waals surface area contributed by atoms with E-state index in [0.717, 1.165) is 11.1 Å². The summed E-state index contributed by atoms with van der Waals surface area (Å²) in [5.41, 5.74) is 1.49. The van der Waals surface area contributed by atoms with E-state index in [4.69, 9.17) is 9.47 Å². The molecule has 19 heavy (non-hydrogen) atoms. The summed E-state index contributed by atoms with van der Waals surface area (Å²) >= 11 is 3.31. The van der Waals surface area contributed by atoms with Crippen LogP contribution in [0, 0.1) is 0 Å². The molecule has 0 aliphatic heterocycles. The number of carbonyl (C=O) groups excluding carboxylic acids is 2. The lowest BCUT2D eigenvalue weighted by Crippen LogP contribution is -2.15. The molecule has 0 aliphatic carbocycles. The number of alkyl halides is 1. The van der Waals surface area contributed by atoms with Gasteiger partial charge in [-0.15, -0.1) is 0 Å². The van der Waals surface area contributed by atoms with Crippen molar-refractivity contribution in [2.24, 2.45) is 0 Å². The molecule has 1 aromatic rings. The Bertz CT molecular complexity index is 445. The van der Waals surface area contributed by atoms with Gasteiger partial charge >= 0.3 is 11.9 Å². The topological polar surface area (TPSA) is 52.6 Å². The first-order chi connectivity index (χ1) is 9.10. The Balaban J connectivity index is 2.89. The molecule has 0 aliphatic rings. The number of esters is 2. The van der Waals surface area contributed by atoms with Gasteiger partial charge in [-0.25, -0.2) is 0 Å². The van der Waals surface area contributed by atoms with Gasteiger partial charge in [0.15, 0.2) is 0 Å². The van der Waals surface area contributed by atoms with E-state index in [0.29, 0.717) is 13.2 Å². The van der Waals surface area contributed by atoms with Crippen LogP contribution in [0.3, 0.4) is 0 Å². The van der Waals surface area contributed by atoms with E-state index >= 15 is 0 Å². The average Bonchev–Trinajstić information content (AvgIpc) is 2.39. The molecular formula is C14H17BrO4. The molecule has 0 aromatic heterocycles. The minimum Gasteiger partial charge on any atom is -0.466 e. The SMILES string of the molecule is CCOC(=O)Cc1ccccc1C(Br)C(=O)OCC. The maximum atomic E-state index is 11.7. The summed E-state index contributed by atoms with van der Waals surface area (Å²) in [6.07, 6.45) is 0.144. The Labute approximate surface area is 121 Å². The molecule has 5 heteroatoms. The molecule has 0 saturated heterocycles. The van der Waals surface area contributed by atoms with E-state index in [1.165, 1.54) is 0 Å². The summed E-state index contributed by atoms with van der Waals surface area (Å²) in [4.78, 5) is 22.7. The number of carbonyl (C=O) groups is 2. The molecule has 0 saturated carbocycles. The van der Waals surface area contributed by atoms with Crippen LogP contribution in [0.15, 0.2) is 24.3 Å². The maximum absolute atomic E-state index is 11.7. The second-order valence-corrected chi connectivity index (χ2v) is 4.71. The maximum Gasteiger partial charge on any atom is 0.324 e. The van der Waals surface area contributed by atoms with Crippen LogP contribution in [0.5, 0.6) is 0 Å². The van der Waals surface area contributed by atoms with E-state index in [1.807, 2.05) is 12.1 Å². The van der Waals surface area contributed by atoms with Crippen molar-refractivity contribution in [1.82, 2.24) is 0 Å². The van der Waals surface area contributed by atoms with E-state index in [1.54, 1.807) is 26.0 Å². The lowest BCUT2D eigenvalue weighted by atomic mass is 10.0. The fourth-order valence-corrected chi connectivity index (χ4v) is 2.23. The van der Waals surface area contributed by atoms with Gasteiger partial charge in [0.25, 0.3) is 0 Å². The van der Waals surface area contributed by atoms with Gasteiger partial charge in [0, 0.05) is 0 Å². The zero-order chi connectivity index (χ0) is 14.3. The third-order valence-corrected chi connectivity index (χ3v) is 3.33. The summed E-state index contributed by atoms with van der Waals surface area (Å²) < 4.78 is 9.88. The van der Waals surface area contributed by atoms with Crippen molar-refractivity contribution in [3.05, 3.63) is 35.4 Å². The molecule has 0 fully saturated rings. The van der Waals surface area contributed by atoms with Gasteiger partial charge in [-0.3, -0.25) is 9.59 Å². The number of ether oxygens (including phenoxy) is 2. The third kappa shape index (κ3) is 4.67. The van der Waals surface area contributed by atoms with Crippen molar-refractivity contribution in [3.8, 4) is 0 Å². The van der Waals surface area contributed by atoms with Gasteiger partial charge in [-0.2, -0.15) is 0 Å². The summed E-state index contributed by atoms with van der Waals surface area (Å²) in [6, 6.07) is 7.24. The van der Waals surface area contributed by atoms with E-state index in [2.05, 4.69) is 15.9 Å². The largest absolute Gasteiger partial charge is 0.466 e. The van der Waals surface area contributed by atoms with Crippen molar-refractivity contribution in [1.29, 1.82) is 0 Å². The highest BCUT2D eigenvalue weighted by molar-refractivity contribution is 9.09. The van der Waals surface area contributed by atoms with E-state index < -0.39 is 4.83 Å². The highest BCUT2D eigenvalue weighted by atomic mass is 79.9. The van der Waals surface area contributed by atoms with Gasteiger partial charge in [0.05, 0.1) is 19.6 Å². The van der Waals surface area contributed by atoms with Crippen molar-refractivity contribution < 1.29 is 19.1 Å². The van der Waals surface area contributed by atoms with Crippen molar-refractivity contribution in [2.75, 3.05) is 13.2 Å². The fourth-order valence-electron chi connectivity index (χ4n) is 1.65. The molecule has 4 nitrogen and oxygen atoms in total. The Morgan fingerprint density at radius 1 is 1.16 bits per heavy atom. The van der Waals surface area contributed by atoms with Crippen LogP contribution in [0.1, 0.15) is 29.8 Å². The number of hydrogen-bond donors (Lipinski definition) is 0. The molecule has 104 valence electrons. The molecule has 0 radical (unpaired) electrons.